The quantitative estimate of drug-likeness (QED) is 0.909. The monoisotopic (exact) mass is 281 g/mol. The van der Waals surface area contributed by atoms with Crippen LogP contribution < -0.4 is 0 Å². The summed E-state index contributed by atoms with van der Waals surface area (Å²) in [5, 5.41) is 11.4. The number of aliphatic hydroxyl groups excluding tert-OH is 1. The van der Waals surface area contributed by atoms with Gasteiger partial charge in [0.15, 0.2) is 0 Å². The van der Waals surface area contributed by atoms with Crippen LogP contribution in [0, 0.1) is 19.8 Å². The zero-order chi connectivity index (χ0) is 14.0. The summed E-state index contributed by atoms with van der Waals surface area (Å²) < 4.78 is 0. The molecule has 2 nitrogen and oxygen atoms in total. The topological polar surface area (TPSA) is 23.5 Å². The molecule has 1 aromatic carbocycles. The second kappa shape index (κ2) is 6.25. The molecule has 2 unspecified atom stereocenters. The summed E-state index contributed by atoms with van der Waals surface area (Å²) in [5.41, 5.74) is 3.22. The Bertz CT molecular complexity index is 441. The molecule has 1 heterocycles. The van der Waals surface area contributed by atoms with E-state index in [-0.39, 0.29) is 5.92 Å². The molecule has 0 bridgehead atoms. The second-order valence-corrected chi connectivity index (χ2v) is 6.22. The van der Waals surface area contributed by atoms with E-state index in [1.54, 1.807) is 0 Å². The van der Waals surface area contributed by atoms with E-state index >= 15 is 0 Å². The maximum absolute atomic E-state index is 10.6. The minimum atomic E-state index is -0.406. The molecule has 19 heavy (non-hydrogen) atoms. The highest BCUT2D eigenvalue weighted by Gasteiger charge is 2.23. The van der Waals surface area contributed by atoms with Gasteiger partial charge < -0.3 is 10.0 Å². The Morgan fingerprint density at radius 1 is 1.21 bits per heavy atom. The fraction of sp³-hybridized carbons (Fsp3) is 0.625. The Labute approximate surface area is 121 Å². The number of likely N-dealkylation sites (tertiary alicyclic amines) is 1. The average molecular weight is 282 g/mol. The van der Waals surface area contributed by atoms with Crippen LogP contribution in [0.15, 0.2) is 12.1 Å². The van der Waals surface area contributed by atoms with Gasteiger partial charge in [-0.15, -0.1) is 0 Å². The van der Waals surface area contributed by atoms with E-state index in [1.165, 1.54) is 25.9 Å². The van der Waals surface area contributed by atoms with Crippen molar-refractivity contribution in [3.05, 3.63) is 33.8 Å². The molecule has 0 aliphatic carbocycles. The molecule has 1 aliphatic rings. The molecule has 3 heteroatoms. The number of hydrogen-bond acceptors (Lipinski definition) is 2. The van der Waals surface area contributed by atoms with Crippen molar-refractivity contribution in [2.45, 2.75) is 39.7 Å². The predicted octanol–water partition coefficient (Wildman–Crippen LogP) is 3.72. The molecule has 1 fully saturated rings. The van der Waals surface area contributed by atoms with Crippen LogP contribution in [0.2, 0.25) is 5.02 Å². The third kappa shape index (κ3) is 3.31. The zero-order valence-electron chi connectivity index (χ0n) is 12.1. The summed E-state index contributed by atoms with van der Waals surface area (Å²) in [6.45, 7) is 9.52. The van der Waals surface area contributed by atoms with Gasteiger partial charge in [-0.3, -0.25) is 0 Å². The van der Waals surface area contributed by atoms with E-state index in [1.807, 2.05) is 26.0 Å². The van der Waals surface area contributed by atoms with Crippen molar-refractivity contribution < 1.29 is 5.11 Å². The van der Waals surface area contributed by atoms with Gasteiger partial charge in [0.05, 0.1) is 6.10 Å². The van der Waals surface area contributed by atoms with Crippen LogP contribution >= 0.6 is 11.6 Å². The van der Waals surface area contributed by atoms with Crippen LogP contribution in [0.5, 0.6) is 0 Å². The largest absolute Gasteiger partial charge is 0.388 e. The number of rotatable bonds is 4. The second-order valence-electron chi connectivity index (χ2n) is 5.82. The highest BCUT2D eigenvalue weighted by Crippen LogP contribution is 2.30. The van der Waals surface area contributed by atoms with Gasteiger partial charge in [0.25, 0.3) is 0 Å². The van der Waals surface area contributed by atoms with Crippen LogP contribution in [-0.4, -0.2) is 29.6 Å². The fourth-order valence-corrected chi connectivity index (χ4v) is 3.11. The SMILES string of the molecule is Cc1c(Cl)ccc(C(O)C(C)CN2CCCC2)c1C. The summed E-state index contributed by atoms with van der Waals surface area (Å²) in [7, 11) is 0. The van der Waals surface area contributed by atoms with Crippen LogP contribution in [0.1, 0.15) is 42.6 Å². The van der Waals surface area contributed by atoms with Crippen LogP contribution in [0.3, 0.4) is 0 Å². The van der Waals surface area contributed by atoms with Crippen molar-refractivity contribution in [3.8, 4) is 0 Å². The van der Waals surface area contributed by atoms with Crippen molar-refractivity contribution in [1.82, 2.24) is 4.90 Å². The Morgan fingerprint density at radius 2 is 1.84 bits per heavy atom. The lowest BCUT2D eigenvalue weighted by Gasteiger charge is -2.26. The van der Waals surface area contributed by atoms with Crippen LogP contribution in [0.25, 0.3) is 0 Å². The standard InChI is InChI=1S/C16H24ClNO/c1-11(10-18-8-4-5-9-18)16(19)14-6-7-15(17)13(3)12(14)2/h6-7,11,16,19H,4-5,8-10H2,1-3H3. The van der Waals surface area contributed by atoms with Gasteiger partial charge in [0.1, 0.15) is 0 Å². The summed E-state index contributed by atoms with van der Waals surface area (Å²) in [5.74, 6) is 0.248. The molecule has 2 rings (SSSR count). The molecule has 106 valence electrons. The molecule has 0 saturated carbocycles. The number of benzene rings is 1. The van der Waals surface area contributed by atoms with Crippen LogP contribution in [0.4, 0.5) is 0 Å². The van der Waals surface area contributed by atoms with E-state index in [9.17, 15) is 5.11 Å². The highest BCUT2D eigenvalue weighted by atomic mass is 35.5. The third-order valence-electron chi connectivity index (χ3n) is 4.37. The summed E-state index contributed by atoms with van der Waals surface area (Å²) >= 11 is 6.12. The van der Waals surface area contributed by atoms with Crippen molar-refractivity contribution in [2.75, 3.05) is 19.6 Å². The minimum Gasteiger partial charge on any atom is -0.388 e. The predicted molar refractivity (Wildman–Crippen MR) is 80.7 cm³/mol. The molecule has 0 spiro atoms. The summed E-state index contributed by atoms with van der Waals surface area (Å²) in [6, 6.07) is 3.86. The maximum Gasteiger partial charge on any atom is 0.0830 e. The molecule has 1 N–H and O–H groups in total. The van der Waals surface area contributed by atoms with Crippen molar-refractivity contribution >= 4 is 11.6 Å². The van der Waals surface area contributed by atoms with Gasteiger partial charge in [-0.1, -0.05) is 24.6 Å². The van der Waals surface area contributed by atoms with E-state index in [0.717, 1.165) is 28.3 Å². The maximum atomic E-state index is 10.6. The van der Waals surface area contributed by atoms with Gasteiger partial charge >= 0.3 is 0 Å². The molecule has 0 aromatic heterocycles. The third-order valence-corrected chi connectivity index (χ3v) is 4.77. The van der Waals surface area contributed by atoms with Crippen LogP contribution in [-0.2, 0) is 0 Å². The molecule has 2 atom stereocenters. The molecule has 1 aromatic rings. The fourth-order valence-electron chi connectivity index (χ4n) is 2.91. The average Bonchev–Trinajstić information content (AvgIpc) is 2.88. The van der Waals surface area contributed by atoms with Gasteiger partial charge in [0, 0.05) is 11.6 Å². The van der Waals surface area contributed by atoms with E-state index in [2.05, 4.69) is 11.8 Å². The number of aliphatic hydroxyl groups is 1. The molecular weight excluding hydrogens is 258 g/mol. The van der Waals surface area contributed by atoms with E-state index in [4.69, 9.17) is 11.6 Å². The molecular formula is C16H24ClNO. The van der Waals surface area contributed by atoms with Gasteiger partial charge in [0.2, 0.25) is 0 Å². The molecule has 0 amide bonds. The normalized spacial score (nSPS) is 19.6. The smallest absolute Gasteiger partial charge is 0.0830 e. The van der Waals surface area contributed by atoms with E-state index in [0.29, 0.717) is 0 Å². The number of halogens is 1. The van der Waals surface area contributed by atoms with Gasteiger partial charge in [-0.2, -0.15) is 0 Å². The first-order valence-corrected chi connectivity index (χ1v) is 7.54. The first-order chi connectivity index (χ1) is 9.00. The Morgan fingerprint density at radius 3 is 2.47 bits per heavy atom. The van der Waals surface area contributed by atoms with E-state index < -0.39 is 6.10 Å². The molecule has 1 aliphatic heterocycles. The summed E-state index contributed by atoms with van der Waals surface area (Å²) in [4.78, 5) is 2.45. The first-order valence-electron chi connectivity index (χ1n) is 7.16. The zero-order valence-corrected chi connectivity index (χ0v) is 12.9. The number of nitrogens with zero attached hydrogens (tertiary/aromatic N) is 1. The highest BCUT2D eigenvalue weighted by molar-refractivity contribution is 6.31. The van der Waals surface area contributed by atoms with Crippen molar-refractivity contribution in [1.29, 1.82) is 0 Å². The molecule has 1 saturated heterocycles. The number of hydrogen-bond donors (Lipinski definition) is 1. The van der Waals surface area contributed by atoms with Gasteiger partial charge in [-0.25, -0.2) is 0 Å². The van der Waals surface area contributed by atoms with Crippen molar-refractivity contribution in [2.24, 2.45) is 5.92 Å². The minimum absolute atomic E-state index is 0.248. The Balaban J connectivity index is 2.09. The lowest BCUT2D eigenvalue weighted by Crippen LogP contribution is -2.28. The summed E-state index contributed by atoms with van der Waals surface area (Å²) in [6.07, 6.45) is 2.18. The van der Waals surface area contributed by atoms with Gasteiger partial charge in [-0.05, 0) is 68.5 Å². The Hall–Kier alpha value is -0.570. The lowest BCUT2D eigenvalue weighted by atomic mass is 9.91. The lowest BCUT2D eigenvalue weighted by molar-refractivity contribution is 0.0940. The molecule has 0 radical (unpaired) electrons. The first kappa shape index (κ1) is 14.8. The van der Waals surface area contributed by atoms with Crippen molar-refractivity contribution in [3.63, 3.8) is 0 Å². The Kier molecular flexibility index (Phi) is 4.88.